The van der Waals surface area contributed by atoms with Crippen LogP contribution < -0.4 is 5.69 Å². The molecule has 1 amide bonds. The van der Waals surface area contributed by atoms with Crippen LogP contribution in [-0.2, 0) is 0 Å². The first kappa shape index (κ1) is 18.1. The number of carbonyl (C=O) groups excluding carboxylic acids is 1. The Morgan fingerprint density at radius 3 is 2.14 bits per heavy atom. The van der Waals surface area contributed by atoms with Crippen molar-refractivity contribution in [1.82, 2.24) is 19.7 Å². The number of carbonyl (C=O) groups is 1. The van der Waals surface area contributed by atoms with Crippen LogP contribution in [0.4, 0.5) is 8.78 Å². The summed E-state index contributed by atoms with van der Waals surface area (Å²) < 4.78 is 27.3. The first-order valence-electron chi connectivity index (χ1n) is 9.01. The number of piperidine rings is 1. The maximum Gasteiger partial charge on any atom is 0.348 e. The number of likely N-dealkylation sites (tertiary alicyclic amines) is 1. The topological polar surface area (TPSA) is 71.0 Å². The second kappa shape index (κ2) is 7.38. The molecule has 0 saturated carbocycles. The molecule has 1 N–H and O–H groups in total. The molecule has 0 atom stereocenters. The van der Waals surface area contributed by atoms with Crippen LogP contribution in [0.2, 0.25) is 0 Å². The number of hydrogen-bond donors (Lipinski definition) is 1. The number of aromatic amines is 1. The Morgan fingerprint density at radius 2 is 1.54 bits per heavy atom. The van der Waals surface area contributed by atoms with Gasteiger partial charge in [-0.2, -0.15) is 4.68 Å². The molecule has 1 fully saturated rings. The second-order valence-electron chi connectivity index (χ2n) is 6.78. The smallest absolute Gasteiger partial charge is 0.339 e. The summed E-state index contributed by atoms with van der Waals surface area (Å²) in [4.78, 5) is 29.2. The minimum Gasteiger partial charge on any atom is -0.339 e. The lowest BCUT2D eigenvalue weighted by molar-refractivity contribution is 0.0711. The zero-order valence-corrected chi connectivity index (χ0v) is 14.9. The number of rotatable bonds is 3. The van der Waals surface area contributed by atoms with Crippen LogP contribution >= 0.6 is 0 Å². The van der Waals surface area contributed by atoms with Crippen LogP contribution in [0, 0.1) is 11.6 Å². The van der Waals surface area contributed by atoms with Crippen molar-refractivity contribution in [2.24, 2.45) is 0 Å². The number of hydrogen-bond acceptors (Lipinski definition) is 3. The zero-order valence-electron chi connectivity index (χ0n) is 14.9. The predicted molar refractivity (Wildman–Crippen MR) is 98.4 cm³/mol. The molecule has 4 rings (SSSR count). The largest absolute Gasteiger partial charge is 0.348 e. The molecule has 28 heavy (non-hydrogen) atoms. The highest BCUT2D eigenvalue weighted by Gasteiger charge is 2.27. The molecule has 0 radical (unpaired) electrons. The Kier molecular flexibility index (Phi) is 4.77. The van der Waals surface area contributed by atoms with Crippen LogP contribution in [0.15, 0.2) is 53.3 Å². The van der Waals surface area contributed by atoms with E-state index < -0.39 is 0 Å². The molecule has 144 valence electrons. The summed E-state index contributed by atoms with van der Waals surface area (Å²) in [5.41, 5.74) is 0.554. The normalized spacial score (nSPS) is 15.0. The van der Waals surface area contributed by atoms with Gasteiger partial charge >= 0.3 is 5.69 Å². The molecular formula is C20H18F2N4O2. The second-order valence-corrected chi connectivity index (χ2v) is 6.78. The van der Waals surface area contributed by atoms with Gasteiger partial charge in [0.1, 0.15) is 17.5 Å². The highest BCUT2D eigenvalue weighted by molar-refractivity contribution is 5.94. The predicted octanol–water partition coefficient (Wildman–Crippen LogP) is 2.86. The molecule has 2 aromatic carbocycles. The van der Waals surface area contributed by atoms with Crippen LogP contribution in [0.25, 0.3) is 5.69 Å². The molecule has 1 aromatic heterocycles. The van der Waals surface area contributed by atoms with Crippen molar-refractivity contribution in [2.45, 2.75) is 18.8 Å². The van der Waals surface area contributed by atoms with Crippen molar-refractivity contribution in [2.75, 3.05) is 13.1 Å². The maximum atomic E-state index is 13.1. The standard InChI is InChI=1S/C20H18F2N4O2/c21-15-3-1-14(2-4-15)19(27)25-11-9-13(10-12-25)18-23-20(28)26(24-18)17-7-5-16(22)6-8-17/h1-8,13H,9-12H2,(H,23,24,28). The van der Waals surface area contributed by atoms with Gasteiger partial charge in [-0.25, -0.2) is 13.6 Å². The third-order valence-electron chi connectivity index (χ3n) is 4.97. The van der Waals surface area contributed by atoms with Gasteiger partial charge in [-0.3, -0.25) is 9.78 Å². The van der Waals surface area contributed by atoms with Crippen molar-refractivity contribution in [1.29, 1.82) is 0 Å². The summed E-state index contributed by atoms with van der Waals surface area (Å²) in [6.07, 6.45) is 1.31. The van der Waals surface area contributed by atoms with Gasteiger partial charge in [0.15, 0.2) is 0 Å². The fraction of sp³-hybridized carbons (Fsp3) is 0.250. The third-order valence-corrected chi connectivity index (χ3v) is 4.97. The number of nitrogens with one attached hydrogen (secondary N) is 1. The first-order valence-corrected chi connectivity index (χ1v) is 9.01. The van der Waals surface area contributed by atoms with Crippen molar-refractivity contribution in [3.8, 4) is 5.69 Å². The van der Waals surface area contributed by atoms with E-state index in [1.165, 1.54) is 53.2 Å². The summed E-state index contributed by atoms with van der Waals surface area (Å²) in [5.74, 6) is -0.319. The maximum absolute atomic E-state index is 13.1. The number of benzene rings is 2. The lowest BCUT2D eigenvalue weighted by Crippen LogP contribution is -2.38. The van der Waals surface area contributed by atoms with E-state index >= 15 is 0 Å². The fourth-order valence-corrected chi connectivity index (χ4v) is 3.41. The molecular weight excluding hydrogens is 366 g/mol. The van der Waals surface area contributed by atoms with E-state index in [0.29, 0.717) is 43.0 Å². The molecule has 1 aliphatic rings. The summed E-state index contributed by atoms with van der Waals surface area (Å²) >= 11 is 0. The van der Waals surface area contributed by atoms with Crippen LogP contribution in [0.5, 0.6) is 0 Å². The number of amides is 1. The van der Waals surface area contributed by atoms with Gasteiger partial charge in [0.25, 0.3) is 5.91 Å². The van der Waals surface area contributed by atoms with Crippen molar-refractivity contribution in [3.63, 3.8) is 0 Å². The minimum absolute atomic E-state index is 0.0201. The highest BCUT2D eigenvalue weighted by Crippen LogP contribution is 2.26. The SMILES string of the molecule is O=C(c1ccc(F)cc1)N1CCC(c2nn(-c3ccc(F)cc3)c(=O)[nH]2)CC1. The van der Waals surface area contributed by atoms with Gasteiger partial charge in [-0.15, -0.1) is 5.10 Å². The molecule has 8 heteroatoms. The summed E-state index contributed by atoms with van der Waals surface area (Å²) in [6.45, 7) is 1.04. The van der Waals surface area contributed by atoms with Crippen molar-refractivity contribution in [3.05, 3.63) is 82.0 Å². The van der Waals surface area contributed by atoms with Gasteiger partial charge in [-0.05, 0) is 61.4 Å². The molecule has 0 aliphatic carbocycles. The molecule has 1 saturated heterocycles. The van der Waals surface area contributed by atoms with Crippen molar-refractivity contribution < 1.29 is 13.6 Å². The monoisotopic (exact) mass is 384 g/mol. The van der Waals surface area contributed by atoms with E-state index in [1.807, 2.05) is 0 Å². The minimum atomic E-state index is -0.384. The molecule has 0 bridgehead atoms. The van der Waals surface area contributed by atoms with Crippen LogP contribution in [0.1, 0.15) is 34.9 Å². The molecule has 6 nitrogen and oxygen atoms in total. The average molecular weight is 384 g/mol. The summed E-state index contributed by atoms with van der Waals surface area (Å²) in [6, 6.07) is 11.0. The van der Waals surface area contributed by atoms with Crippen LogP contribution in [0.3, 0.4) is 0 Å². The lowest BCUT2D eigenvalue weighted by atomic mass is 9.95. The van der Waals surface area contributed by atoms with E-state index in [9.17, 15) is 18.4 Å². The molecule has 2 heterocycles. The van der Waals surface area contributed by atoms with E-state index in [2.05, 4.69) is 10.1 Å². The Bertz CT molecular complexity index is 1030. The zero-order chi connectivity index (χ0) is 19.7. The summed E-state index contributed by atoms with van der Waals surface area (Å²) in [5, 5.41) is 4.35. The first-order chi connectivity index (χ1) is 13.5. The number of aromatic nitrogens is 3. The average Bonchev–Trinajstić information content (AvgIpc) is 3.10. The van der Waals surface area contributed by atoms with Gasteiger partial charge in [0.05, 0.1) is 5.69 Å². The Hall–Kier alpha value is -3.29. The van der Waals surface area contributed by atoms with Gasteiger partial charge in [-0.1, -0.05) is 0 Å². The number of nitrogens with zero attached hydrogens (tertiary/aromatic N) is 3. The Morgan fingerprint density at radius 1 is 0.964 bits per heavy atom. The fourth-order valence-electron chi connectivity index (χ4n) is 3.41. The number of halogens is 2. The van der Waals surface area contributed by atoms with E-state index in [4.69, 9.17) is 0 Å². The summed E-state index contributed by atoms with van der Waals surface area (Å²) in [7, 11) is 0. The molecule has 0 spiro atoms. The highest BCUT2D eigenvalue weighted by atomic mass is 19.1. The lowest BCUT2D eigenvalue weighted by Gasteiger charge is -2.31. The quantitative estimate of drug-likeness (QED) is 0.755. The molecule has 3 aromatic rings. The Balaban J connectivity index is 1.45. The Labute approximate surface area is 159 Å². The van der Waals surface area contributed by atoms with Gasteiger partial charge in [0, 0.05) is 24.6 Å². The van der Waals surface area contributed by atoms with Crippen LogP contribution in [-0.4, -0.2) is 38.7 Å². The van der Waals surface area contributed by atoms with E-state index in [1.54, 1.807) is 4.90 Å². The van der Waals surface area contributed by atoms with Gasteiger partial charge < -0.3 is 4.90 Å². The molecule has 0 unspecified atom stereocenters. The number of H-pyrrole nitrogens is 1. The third kappa shape index (κ3) is 3.58. The van der Waals surface area contributed by atoms with E-state index in [-0.39, 0.29) is 29.1 Å². The van der Waals surface area contributed by atoms with E-state index in [0.717, 1.165) is 0 Å². The van der Waals surface area contributed by atoms with Crippen molar-refractivity contribution >= 4 is 5.91 Å². The van der Waals surface area contributed by atoms with Gasteiger partial charge in [0.2, 0.25) is 0 Å². The molecule has 1 aliphatic heterocycles.